The molecule has 1 aliphatic carbocycles. The SMILES string of the molecule is CC(=O)NCc1ccsc1CNCC[C@@]1(c2ccccn2)CCOC2(CCCC2)C1. The van der Waals surface area contributed by atoms with Gasteiger partial charge in [0.15, 0.2) is 0 Å². The molecule has 2 aromatic rings. The maximum atomic E-state index is 11.2. The second-order valence-corrected chi connectivity index (χ2v) is 9.87. The van der Waals surface area contributed by atoms with Gasteiger partial charge in [0.05, 0.1) is 5.60 Å². The second kappa shape index (κ2) is 9.58. The molecule has 1 spiro atoms. The van der Waals surface area contributed by atoms with E-state index in [1.54, 1.807) is 18.3 Å². The summed E-state index contributed by atoms with van der Waals surface area (Å²) < 4.78 is 6.35. The fourth-order valence-electron chi connectivity index (χ4n) is 5.22. The largest absolute Gasteiger partial charge is 0.375 e. The summed E-state index contributed by atoms with van der Waals surface area (Å²) in [5.41, 5.74) is 2.59. The number of hydrogen-bond acceptors (Lipinski definition) is 5. The zero-order chi connectivity index (χ0) is 20.9. The third kappa shape index (κ3) is 4.93. The lowest BCUT2D eigenvalue weighted by atomic mass is 9.68. The van der Waals surface area contributed by atoms with Gasteiger partial charge in [0.2, 0.25) is 5.91 Å². The van der Waals surface area contributed by atoms with Crippen molar-refractivity contribution in [3.8, 4) is 0 Å². The molecular formula is C24H33N3O2S. The van der Waals surface area contributed by atoms with E-state index in [-0.39, 0.29) is 16.9 Å². The second-order valence-electron chi connectivity index (χ2n) is 8.87. The van der Waals surface area contributed by atoms with Gasteiger partial charge in [0.25, 0.3) is 0 Å². The minimum absolute atomic E-state index is 0.0118. The van der Waals surface area contributed by atoms with Crippen LogP contribution in [0.4, 0.5) is 0 Å². The van der Waals surface area contributed by atoms with Crippen LogP contribution >= 0.6 is 11.3 Å². The first kappa shape index (κ1) is 21.5. The number of hydrogen-bond donors (Lipinski definition) is 2. The van der Waals surface area contributed by atoms with Gasteiger partial charge in [-0.2, -0.15) is 0 Å². The minimum Gasteiger partial charge on any atom is -0.375 e. The molecule has 2 fully saturated rings. The summed E-state index contributed by atoms with van der Waals surface area (Å²) >= 11 is 1.75. The Morgan fingerprint density at radius 1 is 1.20 bits per heavy atom. The van der Waals surface area contributed by atoms with Gasteiger partial charge in [-0.1, -0.05) is 18.9 Å². The summed E-state index contributed by atoms with van der Waals surface area (Å²) in [5, 5.41) is 8.67. The number of thiophene rings is 1. The highest BCUT2D eigenvalue weighted by Crippen LogP contribution is 2.49. The van der Waals surface area contributed by atoms with E-state index in [4.69, 9.17) is 9.72 Å². The summed E-state index contributed by atoms with van der Waals surface area (Å²) in [6.45, 7) is 4.79. The molecule has 0 aromatic carbocycles. The fourth-order valence-corrected chi connectivity index (χ4v) is 6.10. The Balaban J connectivity index is 1.40. The van der Waals surface area contributed by atoms with Crippen molar-refractivity contribution in [2.24, 2.45) is 0 Å². The van der Waals surface area contributed by atoms with E-state index in [1.165, 1.54) is 41.8 Å². The molecule has 1 atom stereocenters. The topological polar surface area (TPSA) is 63.2 Å². The highest BCUT2D eigenvalue weighted by molar-refractivity contribution is 7.10. The molecule has 6 heteroatoms. The van der Waals surface area contributed by atoms with Crippen molar-refractivity contribution >= 4 is 17.2 Å². The van der Waals surface area contributed by atoms with Gasteiger partial charge in [-0.05, 0) is 67.8 Å². The van der Waals surface area contributed by atoms with Gasteiger partial charge < -0.3 is 15.4 Å². The Morgan fingerprint density at radius 2 is 2.07 bits per heavy atom. The van der Waals surface area contributed by atoms with Crippen LogP contribution in [0.25, 0.3) is 0 Å². The van der Waals surface area contributed by atoms with Crippen LogP contribution in [0.5, 0.6) is 0 Å². The maximum Gasteiger partial charge on any atom is 0.217 e. The Labute approximate surface area is 183 Å². The van der Waals surface area contributed by atoms with Gasteiger partial charge in [-0.25, -0.2) is 0 Å². The van der Waals surface area contributed by atoms with Gasteiger partial charge in [-0.15, -0.1) is 11.3 Å². The third-order valence-corrected chi connectivity index (χ3v) is 7.77. The van der Waals surface area contributed by atoms with Crippen molar-refractivity contribution in [1.29, 1.82) is 0 Å². The van der Waals surface area contributed by atoms with Crippen molar-refractivity contribution in [1.82, 2.24) is 15.6 Å². The van der Waals surface area contributed by atoms with Gasteiger partial charge >= 0.3 is 0 Å². The summed E-state index contributed by atoms with van der Waals surface area (Å²) in [7, 11) is 0. The van der Waals surface area contributed by atoms with Crippen LogP contribution < -0.4 is 10.6 Å². The first-order valence-corrected chi connectivity index (χ1v) is 12.0. The average molecular weight is 428 g/mol. The number of aromatic nitrogens is 1. The highest BCUT2D eigenvalue weighted by Gasteiger charge is 2.48. The van der Waals surface area contributed by atoms with Crippen LogP contribution in [0.3, 0.4) is 0 Å². The van der Waals surface area contributed by atoms with Crippen LogP contribution in [0.2, 0.25) is 0 Å². The van der Waals surface area contributed by atoms with Crippen LogP contribution in [-0.4, -0.2) is 29.6 Å². The Hall–Kier alpha value is -1.76. The molecule has 4 rings (SSSR count). The predicted molar refractivity (Wildman–Crippen MR) is 120 cm³/mol. The average Bonchev–Trinajstić information content (AvgIpc) is 3.40. The first-order valence-electron chi connectivity index (χ1n) is 11.2. The van der Waals surface area contributed by atoms with Gasteiger partial charge in [0, 0.05) is 48.8 Å². The van der Waals surface area contributed by atoms with Gasteiger partial charge in [0.1, 0.15) is 0 Å². The molecule has 0 bridgehead atoms. The quantitative estimate of drug-likeness (QED) is 0.616. The smallest absolute Gasteiger partial charge is 0.217 e. The summed E-state index contributed by atoms with van der Waals surface area (Å²) in [5.74, 6) is 0.0118. The lowest BCUT2D eigenvalue weighted by Gasteiger charge is -2.46. The van der Waals surface area contributed by atoms with E-state index >= 15 is 0 Å². The van der Waals surface area contributed by atoms with Crippen molar-refractivity contribution in [3.63, 3.8) is 0 Å². The summed E-state index contributed by atoms with van der Waals surface area (Å²) in [4.78, 5) is 17.3. The first-order chi connectivity index (χ1) is 14.6. The Bertz CT molecular complexity index is 832. The maximum absolute atomic E-state index is 11.2. The molecule has 162 valence electrons. The van der Waals surface area contributed by atoms with E-state index in [2.05, 4.69) is 34.2 Å². The number of carbonyl (C=O) groups is 1. The van der Waals surface area contributed by atoms with Crippen LogP contribution in [0.1, 0.15) is 68.0 Å². The van der Waals surface area contributed by atoms with Gasteiger partial charge in [-0.3, -0.25) is 9.78 Å². The molecule has 1 amide bonds. The molecule has 5 nitrogen and oxygen atoms in total. The van der Waals surface area contributed by atoms with Crippen molar-refractivity contribution in [3.05, 3.63) is 52.0 Å². The zero-order valence-electron chi connectivity index (χ0n) is 17.9. The lowest BCUT2D eigenvalue weighted by molar-refractivity contribution is -0.119. The van der Waals surface area contributed by atoms with E-state index in [0.717, 1.165) is 39.0 Å². The van der Waals surface area contributed by atoms with E-state index in [9.17, 15) is 4.79 Å². The number of carbonyl (C=O) groups excluding carboxylic acids is 1. The Morgan fingerprint density at radius 3 is 2.83 bits per heavy atom. The molecule has 1 saturated heterocycles. The molecular weight excluding hydrogens is 394 g/mol. The highest BCUT2D eigenvalue weighted by atomic mass is 32.1. The number of rotatable bonds is 8. The minimum atomic E-state index is 0.0118. The molecule has 2 N–H and O–H groups in total. The van der Waals surface area contributed by atoms with Crippen molar-refractivity contribution in [2.75, 3.05) is 13.2 Å². The molecule has 1 aliphatic heterocycles. The number of pyridine rings is 1. The van der Waals surface area contributed by atoms with E-state index < -0.39 is 0 Å². The molecule has 2 aromatic heterocycles. The van der Waals surface area contributed by atoms with E-state index in [0.29, 0.717) is 6.54 Å². The van der Waals surface area contributed by atoms with Crippen molar-refractivity contribution in [2.45, 2.75) is 76.0 Å². The molecule has 0 unspecified atom stereocenters. The standard InChI is InChI=1S/C24H33N3O2S/c1-19(28)27-16-20-7-15-30-21(20)17-25-13-10-23(22-6-2-5-12-26-22)11-14-29-24(18-23)8-3-4-9-24/h2,5-7,12,15,25H,3-4,8-11,13-14,16-18H2,1H3,(H,27,28)/t23-/m1/s1. The normalized spacial score (nSPS) is 23.0. The zero-order valence-corrected chi connectivity index (χ0v) is 18.7. The summed E-state index contributed by atoms with van der Waals surface area (Å²) in [6, 6.07) is 8.44. The van der Waals surface area contributed by atoms with Crippen molar-refractivity contribution < 1.29 is 9.53 Å². The number of amides is 1. The fraction of sp³-hybridized carbons (Fsp3) is 0.583. The Kier molecular flexibility index (Phi) is 6.86. The molecule has 30 heavy (non-hydrogen) atoms. The van der Waals surface area contributed by atoms with Crippen LogP contribution in [0.15, 0.2) is 35.8 Å². The monoisotopic (exact) mass is 427 g/mol. The molecule has 1 saturated carbocycles. The van der Waals surface area contributed by atoms with E-state index in [1.807, 2.05) is 12.3 Å². The molecule has 0 radical (unpaired) electrons. The van der Waals surface area contributed by atoms with Crippen LogP contribution in [-0.2, 0) is 28.0 Å². The number of nitrogens with zero attached hydrogens (tertiary/aromatic N) is 1. The molecule has 2 aliphatic rings. The molecule has 3 heterocycles. The lowest BCUT2D eigenvalue weighted by Crippen LogP contribution is -2.47. The summed E-state index contributed by atoms with van der Waals surface area (Å²) in [6.07, 6.45) is 10.1. The third-order valence-electron chi connectivity index (χ3n) is 6.80. The van der Waals surface area contributed by atoms with Crippen LogP contribution in [0, 0.1) is 0 Å². The number of nitrogens with one attached hydrogen (secondary N) is 2. The predicted octanol–water partition coefficient (Wildman–Crippen LogP) is 4.32. The number of ether oxygens (including phenoxy) is 1.